The zero-order valence-corrected chi connectivity index (χ0v) is 18.9. The van der Waals surface area contributed by atoms with Gasteiger partial charge in [0.2, 0.25) is 0 Å². The Hall–Kier alpha value is -2.38. The SMILES string of the molecule is O=C(N/N=C/c1cc(Cl)ccc1OC(=O)c1ccc(Cl)cc1Cl)c1ccc(Br)cc1. The van der Waals surface area contributed by atoms with E-state index in [2.05, 4.69) is 26.5 Å². The lowest BCUT2D eigenvalue weighted by molar-refractivity contribution is 0.0734. The smallest absolute Gasteiger partial charge is 0.345 e. The number of hydrogen-bond donors (Lipinski definition) is 1. The first-order valence-corrected chi connectivity index (χ1v) is 10.3. The summed E-state index contributed by atoms with van der Waals surface area (Å²) in [6.07, 6.45) is 1.33. The minimum Gasteiger partial charge on any atom is -0.422 e. The van der Waals surface area contributed by atoms with Gasteiger partial charge in [0.15, 0.2) is 0 Å². The topological polar surface area (TPSA) is 67.8 Å². The third-order valence-electron chi connectivity index (χ3n) is 3.80. The fraction of sp³-hybridized carbons (Fsp3) is 0. The Morgan fingerprint density at radius 3 is 2.30 bits per heavy atom. The fourth-order valence-electron chi connectivity index (χ4n) is 2.35. The summed E-state index contributed by atoms with van der Waals surface area (Å²) in [4.78, 5) is 24.6. The number of benzene rings is 3. The van der Waals surface area contributed by atoms with Crippen molar-refractivity contribution in [2.75, 3.05) is 0 Å². The monoisotopic (exact) mass is 524 g/mol. The lowest BCUT2D eigenvalue weighted by Crippen LogP contribution is -2.17. The molecule has 0 heterocycles. The summed E-state index contributed by atoms with van der Waals surface area (Å²) >= 11 is 21.3. The van der Waals surface area contributed by atoms with E-state index in [1.54, 1.807) is 36.4 Å². The standard InChI is InChI=1S/C21H12BrCl3N2O3/c22-14-3-1-12(2-4-14)20(28)27-26-11-13-9-15(23)6-8-19(13)30-21(29)17-7-5-16(24)10-18(17)25/h1-11H,(H,27,28)/b26-11+. The van der Waals surface area contributed by atoms with Crippen LogP contribution in [0.4, 0.5) is 0 Å². The van der Waals surface area contributed by atoms with Crippen LogP contribution in [-0.4, -0.2) is 18.1 Å². The number of hydrogen-bond acceptors (Lipinski definition) is 4. The molecule has 0 aliphatic carbocycles. The molecular formula is C21H12BrCl3N2O3. The van der Waals surface area contributed by atoms with Gasteiger partial charge in [0.1, 0.15) is 5.75 Å². The molecule has 3 aromatic carbocycles. The molecule has 0 fully saturated rings. The van der Waals surface area contributed by atoms with Crippen LogP contribution in [0.15, 0.2) is 70.2 Å². The molecule has 0 atom stereocenters. The Kier molecular flexibility index (Phi) is 7.50. The highest BCUT2D eigenvalue weighted by Gasteiger charge is 2.15. The number of hydrazone groups is 1. The predicted octanol–water partition coefficient (Wildman–Crippen LogP) is 6.39. The maximum atomic E-state index is 12.5. The van der Waals surface area contributed by atoms with E-state index in [4.69, 9.17) is 39.5 Å². The van der Waals surface area contributed by atoms with Gasteiger partial charge in [-0.15, -0.1) is 0 Å². The van der Waals surface area contributed by atoms with Crippen LogP contribution in [0.1, 0.15) is 26.3 Å². The summed E-state index contributed by atoms with van der Waals surface area (Å²) in [5, 5.41) is 4.89. The molecule has 30 heavy (non-hydrogen) atoms. The minimum absolute atomic E-state index is 0.155. The molecule has 5 nitrogen and oxygen atoms in total. The molecule has 0 unspecified atom stereocenters. The first-order chi connectivity index (χ1) is 14.3. The van der Waals surface area contributed by atoms with Gasteiger partial charge in [-0.1, -0.05) is 50.7 Å². The molecule has 3 rings (SSSR count). The van der Waals surface area contributed by atoms with Crippen molar-refractivity contribution in [3.8, 4) is 5.75 Å². The van der Waals surface area contributed by atoms with Crippen LogP contribution in [0, 0.1) is 0 Å². The molecule has 152 valence electrons. The maximum absolute atomic E-state index is 12.5. The van der Waals surface area contributed by atoms with E-state index < -0.39 is 11.9 Å². The summed E-state index contributed by atoms with van der Waals surface area (Å²) in [5.41, 5.74) is 3.39. The highest BCUT2D eigenvalue weighted by Crippen LogP contribution is 2.25. The van der Waals surface area contributed by atoms with Gasteiger partial charge < -0.3 is 4.74 Å². The zero-order valence-electron chi connectivity index (χ0n) is 15.0. The summed E-state index contributed by atoms with van der Waals surface area (Å²) in [6.45, 7) is 0. The van der Waals surface area contributed by atoms with E-state index in [-0.39, 0.29) is 16.3 Å². The lowest BCUT2D eigenvalue weighted by Gasteiger charge is -2.09. The highest BCUT2D eigenvalue weighted by atomic mass is 79.9. The van der Waals surface area contributed by atoms with Crippen molar-refractivity contribution in [1.82, 2.24) is 5.43 Å². The number of esters is 1. The molecule has 0 aliphatic rings. The number of halogens is 4. The van der Waals surface area contributed by atoms with Gasteiger partial charge in [0.25, 0.3) is 5.91 Å². The fourth-order valence-corrected chi connectivity index (χ4v) is 3.28. The Morgan fingerprint density at radius 2 is 1.60 bits per heavy atom. The van der Waals surface area contributed by atoms with Crippen molar-refractivity contribution in [2.24, 2.45) is 5.10 Å². The van der Waals surface area contributed by atoms with Crippen LogP contribution >= 0.6 is 50.7 Å². The number of ether oxygens (including phenoxy) is 1. The van der Waals surface area contributed by atoms with Crippen molar-refractivity contribution in [2.45, 2.75) is 0 Å². The molecular weight excluding hydrogens is 515 g/mol. The van der Waals surface area contributed by atoms with Crippen molar-refractivity contribution in [3.05, 3.63) is 96.9 Å². The van der Waals surface area contributed by atoms with Crippen molar-refractivity contribution < 1.29 is 14.3 Å². The quantitative estimate of drug-likeness (QED) is 0.181. The average molecular weight is 527 g/mol. The minimum atomic E-state index is -0.674. The van der Waals surface area contributed by atoms with Gasteiger partial charge in [0, 0.05) is 25.6 Å². The Labute approximate surface area is 195 Å². The molecule has 0 bridgehead atoms. The average Bonchev–Trinajstić information content (AvgIpc) is 2.70. The molecule has 9 heteroatoms. The normalized spacial score (nSPS) is 10.8. The van der Waals surface area contributed by atoms with E-state index >= 15 is 0 Å². The Bertz CT molecular complexity index is 1130. The molecule has 0 saturated heterocycles. The van der Waals surface area contributed by atoms with E-state index in [0.717, 1.165) is 4.47 Å². The van der Waals surface area contributed by atoms with Crippen LogP contribution in [-0.2, 0) is 0 Å². The van der Waals surface area contributed by atoms with Gasteiger partial charge >= 0.3 is 5.97 Å². The van der Waals surface area contributed by atoms with Crippen LogP contribution in [0.5, 0.6) is 5.75 Å². The van der Waals surface area contributed by atoms with Gasteiger partial charge in [-0.05, 0) is 60.7 Å². The second-order valence-electron chi connectivity index (χ2n) is 5.90. The van der Waals surface area contributed by atoms with Crippen LogP contribution in [0.3, 0.4) is 0 Å². The van der Waals surface area contributed by atoms with E-state index in [0.29, 0.717) is 21.2 Å². The van der Waals surface area contributed by atoms with E-state index in [1.807, 2.05) is 0 Å². The molecule has 0 aliphatic heterocycles. The van der Waals surface area contributed by atoms with Crippen molar-refractivity contribution in [3.63, 3.8) is 0 Å². The molecule has 1 N–H and O–H groups in total. The largest absolute Gasteiger partial charge is 0.422 e. The maximum Gasteiger partial charge on any atom is 0.345 e. The molecule has 0 saturated carbocycles. The van der Waals surface area contributed by atoms with Gasteiger partial charge in [0.05, 0.1) is 16.8 Å². The number of carbonyl (C=O) groups excluding carboxylic acids is 2. The van der Waals surface area contributed by atoms with Crippen molar-refractivity contribution >= 4 is 68.8 Å². The molecule has 0 spiro atoms. The van der Waals surface area contributed by atoms with Gasteiger partial charge in [-0.2, -0.15) is 5.10 Å². The molecule has 0 aromatic heterocycles. The summed E-state index contributed by atoms with van der Waals surface area (Å²) in [7, 11) is 0. The second-order valence-corrected chi connectivity index (χ2v) is 8.10. The Morgan fingerprint density at radius 1 is 0.933 bits per heavy atom. The van der Waals surface area contributed by atoms with Crippen molar-refractivity contribution in [1.29, 1.82) is 0 Å². The molecule has 0 radical (unpaired) electrons. The molecule has 3 aromatic rings. The zero-order chi connectivity index (χ0) is 21.7. The van der Waals surface area contributed by atoms with Gasteiger partial charge in [-0.25, -0.2) is 10.2 Å². The number of nitrogens with one attached hydrogen (secondary N) is 1. The van der Waals surface area contributed by atoms with E-state index in [1.165, 1.54) is 30.5 Å². The van der Waals surface area contributed by atoms with Crippen LogP contribution in [0.25, 0.3) is 0 Å². The van der Waals surface area contributed by atoms with E-state index in [9.17, 15) is 9.59 Å². The first kappa shape index (κ1) is 22.3. The summed E-state index contributed by atoms with van der Waals surface area (Å²) in [5.74, 6) is -0.878. The summed E-state index contributed by atoms with van der Waals surface area (Å²) < 4.78 is 6.28. The number of nitrogens with zero attached hydrogens (tertiary/aromatic N) is 1. The Balaban J connectivity index is 1.76. The number of rotatable bonds is 5. The second kappa shape index (κ2) is 10.1. The summed E-state index contributed by atoms with van der Waals surface area (Å²) in [6, 6.07) is 15.9. The predicted molar refractivity (Wildman–Crippen MR) is 122 cm³/mol. The molecule has 1 amide bonds. The first-order valence-electron chi connectivity index (χ1n) is 8.39. The third-order valence-corrected chi connectivity index (χ3v) is 5.11. The lowest BCUT2D eigenvalue weighted by atomic mass is 10.2. The number of amides is 1. The highest BCUT2D eigenvalue weighted by molar-refractivity contribution is 9.10. The number of carbonyl (C=O) groups is 2. The third kappa shape index (κ3) is 5.83. The van der Waals surface area contributed by atoms with Crippen LogP contribution < -0.4 is 10.2 Å². The van der Waals surface area contributed by atoms with Crippen LogP contribution in [0.2, 0.25) is 15.1 Å². The van der Waals surface area contributed by atoms with Gasteiger partial charge in [-0.3, -0.25) is 4.79 Å².